The summed E-state index contributed by atoms with van der Waals surface area (Å²) in [5.74, 6) is 0.201. The monoisotopic (exact) mass is 260 g/mol. The maximum Gasteiger partial charge on any atom is 0.295 e. The van der Waals surface area contributed by atoms with E-state index in [-0.39, 0.29) is 11.5 Å². The summed E-state index contributed by atoms with van der Waals surface area (Å²) in [7, 11) is 0. The topological polar surface area (TPSA) is 70.7 Å². The largest absolute Gasteiger partial charge is 0.316 e. The molecule has 1 saturated carbocycles. The van der Waals surface area contributed by atoms with Gasteiger partial charge in [-0.1, -0.05) is 12.1 Å². The summed E-state index contributed by atoms with van der Waals surface area (Å²) < 4.78 is 13.6. The smallest absolute Gasteiger partial charge is 0.295 e. The van der Waals surface area contributed by atoms with E-state index in [1.807, 2.05) is 0 Å². The highest BCUT2D eigenvalue weighted by atomic mass is 19.1. The van der Waals surface area contributed by atoms with Crippen LogP contribution in [-0.2, 0) is 0 Å². The Morgan fingerprint density at radius 3 is 2.95 bits per heavy atom. The summed E-state index contributed by atoms with van der Waals surface area (Å²) in [6.45, 7) is 1.73. The first kappa shape index (κ1) is 11.8. The molecule has 1 aromatic carbocycles. The van der Waals surface area contributed by atoms with Crippen LogP contribution in [0.2, 0.25) is 0 Å². The first-order valence-corrected chi connectivity index (χ1v) is 6.14. The van der Waals surface area contributed by atoms with E-state index >= 15 is 0 Å². The van der Waals surface area contributed by atoms with Crippen LogP contribution in [0.1, 0.15) is 40.8 Å². The van der Waals surface area contributed by atoms with Gasteiger partial charge in [0.25, 0.3) is 5.91 Å². The third kappa shape index (κ3) is 2.33. The molecule has 1 aromatic heterocycles. The minimum atomic E-state index is -0.503. The van der Waals surface area contributed by atoms with Crippen molar-refractivity contribution in [3.8, 4) is 0 Å². The van der Waals surface area contributed by atoms with E-state index < -0.39 is 11.7 Å². The molecule has 1 heterocycles. The Morgan fingerprint density at radius 2 is 2.26 bits per heavy atom. The van der Waals surface area contributed by atoms with Crippen LogP contribution in [0.3, 0.4) is 0 Å². The minimum Gasteiger partial charge on any atom is -0.316 e. The SMILES string of the molecule is Cc1cccc(F)c1NC(=O)c1n[nH]c(C2CC2)n1. The van der Waals surface area contributed by atoms with Gasteiger partial charge in [-0.3, -0.25) is 9.89 Å². The fourth-order valence-corrected chi connectivity index (χ4v) is 1.87. The molecule has 2 aromatic rings. The van der Waals surface area contributed by atoms with Gasteiger partial charge in [-0.05, 0) is 31.4 Å². The number of para-hydroxylation sites is 1. The Bertz CT molecular complexity index is 613. The summed E-state index contributed by atoms with van der Waals surface area (Å²) in [6, 6.07) is 4.63. The second-order valence-corrected chi connectivity index (χ2v) is 4.70. The van der Waals surface area contributed by atoms with E-state index in [1.165, 1.54) is 6.07 Å². The van der Waals surface area contributed by atoms with Crippen LogP contribution in [0.4, 0.5) is 10.1 Å². The third-order valence-corrected chi connectivity index (χ3v) is 3.13. The van der Waals surface area contributed by atoms with Crippen LogP contribution >= 0.6 is 0 Å². The second-order valence-electron chi connectivity index (χ2n) is 4.70. The lowest BCUT2D eigenvalue weighted by atomic mass is 10.2. The second kappa shape index (κ2) is 4.46. The molecular weight excluding hydrogens is 247 g/mol. The van der Waals surface area contributed by atoms with E-state index in [0.29, 0.717) is 11.5 Å². The van der Waals surface area contributed by atoms with Crippen molar-refractivity contribution in [3.05, 3.63) is 41.2 Å². The number of aromatic amines is 1. The molecule has 19 heavy (non-hydrogen) atoms. The van der Waals surface area contributed by atoms with Crippen molar-refractivity contribution >= 4 is 11.6 Å². The predicted octanol–water partition coefficient (Wildman–Crippen LogP) is 2.38. The number of hydrogen-bond acceptors (Lipinski definition) is 3. The third-order valence-electron chi connectivity index (χ3n) is 3.13. The van der Waals surface area contributed by atoms with Crippen molar-refractivity contribution in [3.63, 3.8) is 0 Å². The maximum absolute atomic E-state index is 13.6. The molecule has 0 saturated heterocycles. The number of amides is 1. The highest BCUT2D eigenvalue weighted by Crippen LogP contribution is 2.37. The van der Waals surface area contributed by atoms with Crippen LogP contribution in [0.15, 0.2) is 18.2 Å². The molecule has 1 aliphatic carbocycles. The Labute approximate surface area is 109 Å². The molecule has 0 bridgehead atoms. The van der Waals surface area contributed by atoms with Crippen LogP contribution in [0.5, 0.6) is 0 Å². The normalized spacial score (nSPS) is 14.4. The number of rotatable bonds is 3. The van der Waals surface area contributed by atoms with Crippen LogP contribution in [0, 0.1) is 12.7 Å². The number of hydrogen-bond donors (Lipinski definition) is 2. The molecule has 0 unspecified atom stereocenters. The quantitative estimate of drug-likeness (QED) is 0.890. The lowest BCUT2D eigenvalue weighted by molar-refractivity contribution is 0.101. The van der Waals surface area contributed by atoms with Gasteiger partial charge >= 0.3 is 0 Å². The molecule has 5 nitrogen and oxygen atoms in total. The fourth-order valence-electron chi connectivity index (χ4n) is 1.87. The lowest BCUT2D eigenvalue weighted by Gasteiger charge is -2.07. The highest BCUT2D eigenvalue weighted by molar-refractivity contribution is 6.02. The molecule has 0 spiro atoms. The molecule has 1 amide bonds. The van der Waals surface area contributed by atoms with Crippen LogP contribution in [0.25, 0.3) is 0 Å². The van der Waals surface area contributed by atoms with Crippen molar-refractivity contribution in [2.75, 3.05) is 5.32 Å². The van der Waals surface area contributed by atoms with Gasteiger partial charge in [-0.15, -0.1) is 5.10 Å². The molecular formula is C13H13FN4O. The Balaban J connectivity index is 1.80. The zero-order valence-electron chi connectivity index (χ0n) is 10.4. The molecule has 0 radical (unpaired) electrons. The summed E-state index contributed by atoms with van der Waals surface area (Å²) >= 11 is 0. The molecule has 98 valence electrons. The molecule has 1 aliphatic rings. The van der Waals surface area contributed by atoms with Crippen molar-refractivity contribution in [2.24, 2.45) is 0 Å². The van der Waals surface area contributed by atoms with E-state index in [4.69, 9.17) is 0 Å². The van der Waals surface area contributed by atoms with Crippen molar-refractivity contribution in [1.29, 1.82) is 0 Å². The molecule has 0 aliphatic heterocycles. The van der Waals surface area contributed by atoms with Gasteiger partial charge < -0.3 is 5.32 Å². The Morgan fingerprint density at radius 1 is 1.47 bits per heavy atom. The average Bonchev–Trinajstić information content (AvgIpc) is 3.12. The fraction of sp³-hybridized carbons (Fsp3) is 0.308. The van der Waals surface area contributed by atoms with E-state index in [0.717, 1.165) is 18.7 Å². The van der Waals surface area contributed by atoms with Crippen molar-refractivity contribution < 1.29 is 9.18 Å². The Kier molecular flexibility index (Phi) is 2.77. The number of carbonyl (C=O) groups excluding carboxylic acids is 1. The van der Waals surface area contributed by atoms with Gasteiger partial charge in [0, 0.05) is 5.92 Å². The van der Waals surface area contributed by atoms with Gasteiger partial charge in [0.05, 0.1) is 5.69 Å². The predicted molar refractivity (Wildman–Crippen MR) is 67.4 cm³/mol. The molecule has 1 fully saturated rings. The molecule has 2 N–H and O–H groups in total. The summed E-state index contributed by atoms with van der Waals surface area (Å²) in [5.41, 5.74) is 0.830. The molecule has 6 heteroatoms. The zero-order chi connectivity index (χ0) is 13.4. The molecule has 0 atom stereocenters. The zero-order valence-corrected chi connectivity index (χ0v) is 10.4. The first-order chi connectivity index (χ1) is 9.15. The number of anilines is 1. The number of aryl methyl sites for hydroxylation is 1. The first-order valence-electron chi connectivity index (χ1n) is 6.14. The number of aromatic nitrogens is 3. The standard InChI is InChI=1S/C13H13FN4O/c1-7-3-2-4-9(14)10(7)15-13(19)12-16-11(17-18-12)8-5-6-8/h2-4,8H,5-6H2,1H3,(H,15,19)(H,16,17,18). The number of nitrogens with one attached hydrogen (secondary N) is 2. The molecule has 3 rings (SSSR count). The van der Waals surface area contributed by atoms with E-state index in [1.54, 1.807) is 19.1 Å². The number of halogens is 1. The number of carbonyl (C=O) groups is 1. The van der Waals surface area contributed by atoms with Gasteiger partial charge in [-0.25, -0.2) is 9.37 Å². The minimum absolute atomic E-state index is 0.0459. The van der Waals surface area contributed by atoms with Gasteiger partial charge in [-0.2, -0.15) is 0 Å². The maximum atomic E-state index is 13.6. The number of nitrogens with zero attached hydrogens (tertiary/aromatic N) is 2. The van der Waals surface area contributed by atoms with Gasteiger partial charge in [0.15, 0.2) is 0 Å². The van der Waals surface area contributed by atoms with Crippen molar-refractivity contribution in [1.82, 2.24) is 15.2 Å². The average molecular weight is 260 g/mol. The van der Waals surface area contributed by atoms with Crippen LogP contribution < -0.4 is 5.32 Å². The number of benzene rings is 1. The van der Waals surface area contributed by atoms with Gasteiger partial charge in [0.2, 0.25) is 5.82 Å². The van der Waals surface area contributed by atoms with Crippen LogP contribution in [-0.4, -0.2) is 21.1 Å². The highest BCUT2D eigenvalue weighted by Gasteiger charge is 2.28. The van der Waals surface area contributed by atoms with E-state index in [9.17, 15) is 9.18 Å². The Hall–Kier alpha value is -2.24. The van der Waals surface area contributed by atoms with Gasteiger partial charge in [0.1, 0.15) is 11.6 Å². The summed E-state index contributed by atoms with van der Waals surface area (Å²) in [4.78, 5) is 16.1. The summed E-state index contributed by atoms with van der Waals surface area (Å²) in [6.07, 6.45) is 2.14. The number of H-pyrrole nitrogens is 1. The lowest BCUT2D eigenvalue weighted by Crippen LogP contribution is -2.15. The van der Waals surface area contributed by atoms with Crippen molar-refractivity contribution in [2.45, 2.75) is 25.7 Å². The van der Waals surface area contributed by atoms with E-state index in [2.05, 4.69) is 20.5 Å². The summed E-state index contributed by atoms with van der Waals surface area (Å²) in [5, 5.41) is 9.12.